The van der Waals surface area contributed by atoms with Gasteiger partial charge in [-0.3, -0.25) is 9.20 Å². The highest BCUT2D eigenvalue weighted by molar-refractivity contribution is 5.95. The average Bonchev–Trinajstić information content (AvgIpc) is 3.05. The van der Waals surface area contributed by atoms with Crippen molar-refractivity contribution in [3.8, 4) is 17.0 Å². The van der Waals surface area contributed by atoms with E-state index in [0.717, 1.165) is 22.5 Å². The third-order valence-corrected chi connectivity index (χ3v) is 4.20. The van der Waals surface area contributed by atoms with E-state index in [2.05, 4.69) is 5.32 Å². The van der Waals surface area contributed by atoms with Crippen LogP contribution in [0.2, 0.25) is 0 Å². The molecule has 2 aromatic carbocycles. The van der Waals surface area contributed by atoms with Crippen molar-refractivity contribution in [2.24, 2.45) is 0 Å². The van der Waals surface area contributed by atoms with E-state index in [4.69, 9.17) is 9.72 Å². The monoisotopic (exact) mass is 357 g/mol. The summed E-state index contributed by atoms with van der Waals surface area (Å²) in [5.74, 6) is 1.06. The second kappa shape index (κ2) is 7.33. The van der Waals surface area contributed by atoms with E-state index in [1.165, 1.54) is 0 Å². The SMILES string of the molecule is Cc1ccn2c(NC(=O)COc3ccccc3)c(-c3ccccc3)nc2c1. The predicted octanol–water partition coefficient (Wildman–Crippen LogP) is 4.33. The van der Waals surface area contributed by atoms with Crippen LogP contribution in [0, 0.1) is 6.92 Å². The maximum atomic E-state index is 12.5. The number of para-hydroxylation sites is 1. The van der Waals surface area contributed by atoms with Crippen molar-refractivity contribution < 1.29 is 9.53 Å². The van der Waals surface area contributed by atoms with Gasteiger partial charge in [-0.15, -0.1) is 0 Å². The molecule has 2 aromatic heterocycles. The highest BCUT2D eigenvalue weighted by Crippen LogP contribution is 2.29. The number of hydrogen-bond donors (Lipinski definition) is 1. The van der Waals surface area contributed by atoms with Crippen LogP contribution >= 0.6 is 0 Å². The topological polar surface area (TPSA) is 55.6 Å². The smallest absolute Gasteiger partial charge is 0.263 e. The van der Waals surface area contributed by atoms with Crippen LogP contribution in [0.25, 0.3) is 16.9 Å². The quantitative estimate of drug-likeness (QED) is 0.578. The van der Waals surface area contributed by atoms with Crippen molar-refractivity contribution in [3.63, 3.8) is 0 Å². The van der Waals surface area contributed by atoms with Gasteiger partial charge in [0, 0.05) is 11.8 Å². The third kappa shape index (κ3) is 3.67. The number of pyridine rings is 1. The summed E-state index contributed by atoms with van der Waals surface area (Å²) in [6.07, 6.45) is 1.91. The number of fused-ring (bicyclic) bond motifs is 1. The summed E-state index contributed by atoms with van der Waals surface area (Å²) in [6.45, 7) is 1.94. The number of hydrogen-bond acceptors (Lipinski definition) is 3. The normalized spacial score (nSPS) is 10.7. The summed E-state index contributed by atoms with van der Waals surface area (Å²) in [7, 11) is 0. The average molecular weight is 357 g/mol. The number of imidazole rings is 1. The number of carbonyl (C=O) groups is 1. The highest BCUT2D eigenvalue weighted by Gasteiger charge is 2.16. The molecule has 4 rings (SSSR count). The van der Waals surface area contributed by atoms with Gasteiger partial charge in [0.25, 0.3) is 5.91 Å². The molecule has 0 saturated heterocycles. The number of aryl methyl sites for hydroxylation is 1. The zero-order valence-corrected chi connectivity index (χ0v) is 14.9. The van der Waals surface area contributed by atoms with Crippen LogP contribution in [0.3, 0.4) is 0 Å². The minimum absolute atomic E-state index is 0.0721. The molecule has 0 spiro atoms. The van der Waals surface area contributed by atoms with Crippen LogP contribution in [0.15, 0.2) is 79.0 Å². The Hall–Kier alpha value is -3.60. The molecule has 0 fully saturated rings. The van der Waals surface area contributed by atoms with Crippen molar-refractivity contribution in [1.29, 1.82) is 0 Å². The molecule has 0 unspecified atom stereocenters. The van der Waals surface area contributed by atoms with Gasteiger partial charge in [0.05, 0.1) is 0 Å². The zero-order chi connectivity index (χ0) is 18.6. The number of carbonyl (C=O) groups excluding carboxylic acids is 1. The van der Waals surface area contributed by atoms with Crippen molar-refractivity contribution in [2.45, 2.75) is 6.92 Å². The lowest BCUT2D eigenvalue weighted by atomic mass is 10.1. The molecule has 0 saturated carbocycles. The maximum Gasteiger partial charge on any atom is 0.263 e. The van der Waals surface area contributed by atoms with Gasteiger partial charge in [0.2, 0.25) is 0 Å². The minimum atomic E-state index is -0.238. The molecule has 1 N–H and O–H groups in total. The molecule has 0 atom stereocenters. The molecule has 5 nitrogen and oxygen atoms in total. The van der Waals surface area contributed by atoms with E-state index in [0.29, 0.717) is 11.6 Å². The van der Waals surface area contributed by atoms with Gasteiger partial charge in [-0.25, -0.2) is 4.98 Å². The largest absolute Gasteiger partial charge is 0.484 e. The molecule has 0 aliphatic heterocycles. The molecule has 5 heteroatoms. The summed E-state index contributed by atoms with van der Waals surface area (Å²) >= 11 is 0. The molecule has 27 heavy (non-hydrogen) atoms. The summed E-state index contributed by atoms with van der Waals surface area (Å²) in [5, 5.41) is 2.96. The zero-order valence-electron chi connectivity index (χ0n) is 14.9. The summed E-state index contributed by atoms with van der Waals surface area (Å²) in [6, 6.07) is 23.1. The van der Waals surface area contributed by atoms with Crippen LogP contribution in [0.1, 0.15) is 5.56 Å². The lowest BCUT2D eigenvalue weighted by molar-refractivity contribution is -0.118. The van der Waals surface area contributed by atoms with Gasteiger partial charge < -0.3 is 10.1 Å². The fourth-order valence-electron chi connectivity index (χ4n) is 2.90. The number of rotatable bonds is 5. The summed E-state index contributed by atoms with van der Waals surface area (Å²) < 4.78 is 7.44. The summed E-state index contributed by atoms with van der Waals surface area (Å²) in [5.41, 5.74) is 3.57. The van der Waals surface area contributed by atoms with E-state index in [9.17, 15) is 4.79 Å². The van der Waals surface area contributed by atoms with Gasteiger partial charge in [-0.05, 0) is 36.8 Å². The van der Waals surface area contributed by atoms with Gasteiger partial charge in [-0.2, -0.15) is 0 Å². The van der Waals surface area contributed by atoms with Gasteiger partial charge in [0.1, 0.15) is 22.9 Å². The lowest BCUT2D eigenvalue weighted by Crippen LogP contribution is -2.21. The van der Waals surface area contributed by atoms with Crippen LogP contribution in [0.4, 0.5) is 5.82 Å². The third-order valence-electron chi connectivity index (χ3n) is 4.20. The van der Waals surface area contributed by atoms with Crippen molar-refractivity contribution >= 4 is 17.4 Å². The van der Waals surface area contributed by atoms with Crippen LogP contribution in [0.5, 0.6) is 5.75 Å². The van der Waals surface area contributed by atoms with E-state index in [-0.39, 0.29) is 12.5 Å². The molecule has 0 radical (unpaired) electrons. The van der Waals surface area contributed by atoms with Crippen molar-refractivity contribution in [2.75, 3.05) is 11.9 Å². The van der Waals surface area contributed by atoms with Crippen molar-refractivity contribution in [1.82, 2.24) is 9.38 Å². The number of benzene rings is 2. The molecule has 4 aromatic rings. The molecule has 0 aliphatic rings. The van der Waals surface area contributed by atoms with Crippen LogP contribution in [-0.2, 0) is 4.79 Å². The Balaban J connectivity index is 1.64. The Morgan fingerprint density at radius 2 is 1.74 bits per heavy atom. The second-order valence-corrected chi connectivity index (χ2v) is 6.26. The maximum absolute atomic E-state index is 12.5. The molecular formula is C22H19N3O2. The lowest BCUT2D eigenvalue weighted by Gasteiger charge is -2.09. The molecule has 1 amide bonds. The van der Waals surface area contributed by atoms with E-state index < -0.39 is 0 Å². The first-order valence-electron chi connectivity index (χ1n) is 8.72. The van der Waals surface area contributed by atoms with E-state index >= 15 is 0 Å². The van der Waals surface area contributed by atoms with Crippen LogP contribution in [-0.4, -0.2) is 21.9 Å². The Bertz CT molecular complexity index is 1070. The van der Waals surface area contributed by atoms with Gasteiger partial charge >= 0.3 is 0 Å². The fraction of sp³-hybridized carbons (Fsp3) is 0.0909. The number of nitrogens with one attached hydrogen (secondary N) is 1. The Labute approximate surface area is 157 Å². The molecule has 0 aliphatic carbocycles. The number of aromatic nitrogens is 2. The van der Waals surface area contributed by atoms with Gasteiger partial charge in [-0.1, -0.05) is 48.5 Å². The standard InChI is InChI=1S/C22H19N3O2/c1-16-12-13-25-19(14-16)23-21(17-8-4-2-5-9-17)22(25)24-20(26)15-27-18-10-6-3-7-11-18/h2-14H,15H2,1H3,(H,24,26). The first-order chi connectivity index (χ1) is 13.2. The first kappa shape index (κ1) is 16.8. The predicted molar refractivity (Wildman–Crippen MR) is 106 cm³/mol. The fourth-order valence-corrected chi connectivity index (χ4v) is 2.90. The first-order valence-corrected chi connectivity index (χ1v) is 8.72. The van der Waals surface area contributed by atoms with E-state index in [1.807, 2.05) is 90.3 Å². The number of ether oxygens (including phenoxy) is 1. The molecular weight excluding hydrogens is 338 g/mol. The Kier molecular flexibility index (Phi) is 4.58. The summed E-state index contributed by atoms with van der Waals surface area (Å²) in [4.78, 5) is 17.2. The molecule has 2 heterocycles. The minimum Gasteiger partial charge on any atom is -0.484 e. The number of amides is 1. The van der Waals surface area contributed by atoms with Crippen LogP contribution < -0.4 is 10.1 Å². The van der Waals surface area contributed by atoms with Gasteiger partial charge in [0.15, 0.2) is 6.61 Å². The Morgan fingerprint density at radius 1 is 1.04 bits per heavy atom. The molecule has 134 valence electrons. The number of nitrogens with zero attached hydrogens (tertiary/aromatic N) is 2. The molecule has 0 bridgehead atoms. The Morgan fingerprint density at radius 3 is 2.48 bits per heavy atom. The van der Waals surface area contributed by atoms with Crippen molar-refractivity contribution in [3.05, 3.63) is 84.6 Å². The van der Waals surface area contributed by atoms with E-state index in [1.54, 1.807) is 0 Å². The number of anilines is 1. The highest BCUT2D eigenvalue weighted by atomic mass is 16.5. The second-order valence-electron chi connectivity index (χ2n) is 6.26.